The van der Waals surface area contributed by atoms with Crippen molar-refractivity contribution in [3.8, 4) is 5.88 Å². The first-order valence-electron chi connectivity index (χ1n) is 5.27. The lowest BCUT2D eigenvalue weighted by Gasteiger charge is -2.03. The van der Waals surface area contributed by atoms with Crippen molar-refractivity contribution in [3.63, 3.8) is 0 Å². The number of pyridine rings is 1. The van der Waals surface area contributed by atoms with E-state index in [1.165, 1.54) is 0 Å². The summed E-state index contributed by atoms with van der Waals surface area (Å²) in [4.78, 5) is 8.21. The quantitative estimate of drug-likeness (QED) is 0.834. The van der Waals surface area contributed by atoms with Crippen LogP contribution < -0.4 is 10.1 Å². The third-order valence-electron chi connectivity index (χ3n) is 2.19. The van der Waals surface area contributed by atoms with Gasteiger partial charge in [0, 0.05) is 25.7 Å². The first-order valence-corrected chi connectivity index (χ1v) is 5.27. The molecule has 0 atom stereocenters. The SMILES string of the molecule is COc1ccc(CNCc2noc(C)n2)cn1. The average Bonchev–Trinajstić information content (AvgIpc) is 2.76. The Labute approximate surface area is 99.0 Å². The maximum absolute atomic E-state index is 4.98. The van der Waals surface area contributed by atoms with Gasteiger partial charge in [-0.05, 0) is 5.56 Å². The van der Waals surface area contributed by atoms with E-state index in [0.29, 0.717) is 30.7 Å². The maximum atomic E-state index is 4.98. The zero-order valence-corrected chi connectivity index (χ0v) is 9.80. The van der Waals surface area contributed by atoms with E-state index in [2.05, 4.69) is 20.4 Å². The molecule has 2 rings (SSSR count). The fourth-order valence-corrected chi connectivity index (χ4v) is 1.37. The van der Waals surface area contributed by atoms with Crippen molar-refractivity contribution in [2.45, 2.75) is 20.0 Å². The first kappa shape index (κ1) is 11.5. The second-order valence-corrected chi connectivity index (χ2v) is 3.54. The molecule has 0 radical (unpaired) electrons. The highest BCUT2D eigenvalue weighted by Crippen LogP contribution is 2.06. The Morgan fingerprint density at radius 1 is 1.35 bits per heavy atom. The average molecular weight is 234 g/mol. The minimum absolute atomic E-state index is 0.573. The van der Waals surface area contributed by atoms with E-state index >= 15 is 0 Å². The highest BCUT2D eigenvalue weighted by atomic mass is 16.5. The van der Waals surface area contributed by atoms with Gasteiger partial charge in [0.2, 0.25) is 11.8 Å². The summed E-state index contributed by atoms with van der Waals surface area (Å²) in [7, 11) is 1.60. The lowest BCUT2D eigenvalue weighted by atomic mass is 10.3. The van der Waals surface area contributed by atoms with Crippen LogP contribution >= 0.6 is 0 Å². The molecule has 6 heteroatoms. The third kappa shape index (κ3) is 3.25. The standard InChI is InChI=1S/C11H14N4O2/c1-8-14-10(15-17-8)7-12-5-9-3-4-11(16-2)13-6-9/h3-4,6,12H,5,7H2,1-2H3. The van der Waals surface area contributed by atoms with Gasteiger partial charge in [-0.15, -0.1) is 0 Å². The molecule has 0 aliphatic heterocycles. The molecular weight excluding hydrogens is 220 g/mol. The number of nitrogens with one attached hydrogen (secondary N) is 1. The number of aryl methyl sites for hydroxylation is 1. The maximum Gasteiger partial charge on any atom is 0.223 e. The van der Waals surface area contributed by atoms with E-state index in [0.717, 1.165) is 5.56 Å². The summed E-state index contributed by atoms with van der Waals surface area (Å²) < 4.78 is 9.85. The Morgan fingerprint density at radius 2 is 2.24 bits per heavy atom. The van der Waals surface area contributed by atoms with Crippen LogP contribution in [0.2, 0.25) is 0 Å². The van der Waals surface area contributed by atoms with Gasteiger partial charge in [0.1, 0.15) is 0 Å². The van der Waals surface area contributed by atoms with Gasteiger partial charge in [-0.3, -0.25) is 0 Å². The Kier molecular flexibility index (Phi) is 3.66. The largest absolute Gasteiger partial charge is 0.481 e. The van der Waals surface area contributed by atoms with E-state index < -0.39 is 0 Å². The smallest absolute Gasteiger partial charge is 0.223 e. The van der Waals surface area contributed by atoms with Gasteiger partial charge in [0.15, 0.2) is 5.82 Å². The predicted octanol–water partition coefficient (Wildman–Crippen LogP) is 1.07. The number of ether oxygens (including phenoxy) is 1. The van der Waals surface area contributed by atoms with Crippen LogP contribution in [0.3, 0.4) is 0 Å². The molecule has 0 saturated heterocycles. The molecule has 0 aliphatic rings. The molecule has 17 heavy (non-hydrogen) atoms. The van der Waals surface area contributed by atoms with Gasteiger partial charge in [-0.25, -0.2) is 4.98 Å². The number of hydrogen-bond donors (Lipinski definition) is 1. The molecule has 2 heterocycles. The second kappa shape index (κ2) is 5.40. The summed E-state index contributed by atoms with van der Waals surface area (Å²) in [5, 5.41) is 6.99. The molecule has 0 bridgehead atoms. The summed E-state index contributed by atoms with van der Waals surface area (Å²) in [6.45, 7) is 3.04. The number of hydrogen-bond acceptors (Lipinski definition) is 6. The zero-order valence-electron chi connectivity index (χ0n) is 9.80. The van der Waals surface area contributed by atoms with Crippen LogP contribution in [0.5, 0.6) is 5.88 Å². The zero-order chi connectivity index (χ0) is 12.1. The van der Waals surface area contributed by atoms with Crippen molar-refractivity contribution in [1.82, 2.24) is 20.4 Å². The topological polar surface area (TPSA) is 73.1 Å². The molecule has 0 amide bonds. The molecule has 0 aromatic carbocycles. The van der Waals surface area contributed by atoms with Crippen LogP contribution in [-0.4, -0.2) is 22.2 Å². The normalized spacial score (nSPS) is 10.5. The van der Waals surface area contributed by atoms with Crippen LogP contribution in [0.25, 0.3) is 0 Å². The van der Waals surface area contributed by atoms with Crippen molar-refractivity contribution in [1.29, 1.82) is 0 Å². The Bertz CT molecular complexity index is 467. The predicted molar refractivity (Wildman–Crippen MR) is 60.4 cm³/mol. The molecule has 0 spiro atoms. The third-order valence-corrected chi connectivity index (χ3v) is 2.19. The second-order valence-electron chi connectivity index (χ2n) is 3.54. The van der Waals surface area contributed by atoms with Crippen molar-refractivity contribution in [2.75, 3.05) is 7.11 Å². The number of methoxy groups -OCH3 is 1. The molecule has 90 valence electrons. The van der Waals surface area contributed by atoms with E-state index in [-0.39, 0.29) is 0 Å². The van der Waals surface area contributed by atoms with Crippen molar-refractivity contribution in [3.05, 3.63) is 35.6 Å². The number of aromatic nitrogens is 3. The minimum Gasteiger partial charge on any atom is -0.481 e. The molecule has 0 aliphatic carbocycles. The molecule has 6 nitrogen and oxygen atoms in total. The van der Waals surface area contributed by atoms with Gasteiger partial charge in [0.25, 0.3) is 0 Å². The summed E-state index contributed by atoms with van der Waals surface area (Å²) in [5.41, 5.74) is 1.08. The number of rotatable bonds is 5. The highest BCUT2D eigenvalue weighted by Gasteiger charge is 2.01. The molecular formula is C11H14N4O2. The molecule has 0 fully saturated rings. The van der Waals surface area contributed by atoms with Crippen molar-refractivity contribution in [2.24, 2.45) is 0 Å². The van der Waals surface area contributed by atoms with E-state index in [4.69, 9.17) is 9.26 Å². The van der Waals surface area contributed by atoms with Crippen LogP contribution in [0.1, 0.15) is 17.3 Å². The molecule has 2 aromatic rings. The molecule has 0 saturated carbocycles. The van der Waals surface area contributed by atoms with Crippen molar-refractivity contribution >= 4 is 0 Å². The Morgan fingerprint density at radius 3 is 2.82 bits per heavy atom. The molecule has 1 N–H and O–H groups in total. The summed E-state index contributed by atoms with van der Waals surface area (Å²) >= 11 is 0. The lowest BCUT2D eigenvalue weighted by molar-refractivity contribution is 0.385. The van der Waals surface area contributed by atoms with Crippen LogP contribution in [0.15, 0.2) is 22.9 Å². The van der Waals surface area contributed by atoms with Gasteiger partial charge < -0.3 is 14.6 Å². The van der Waals surface area contributed by atoms with Crippen LogP contribution in [0.4, 0.5) is 0 Å². The first-order chi connectivity index (χ1) is 8.28. The van der Waals surface area contributed by atoms with Crippen molar-refractivity contribution < 1.29 is 9.26 Å². The van der Waals surface area contributed by atoms with Gasteiger partial charge >= 0.3 is 0 Å². The highest BCUT2D eigenvalue weighted by molar-refractivity contribution is 5.17. The van der Waals surface area contributed by atoms with Crippen LogP contribution in [-0.2, 0) is 13.1 Å². The Balaban J connectivity index is 1.81. The molecule has 2 aromatic heterocycles. The van der Waals surface area contributed by atoms with Crippen LogP contribution in [0, 0.1) is 6.92 Å². The van der Waals surface area contributed by atoms with Gasteiger partial charge in [0.05, 0.1) is 13.7 Å². The van der Waals surface area contributed by atoms with E-state index in [1.54, 1.807) is 20.2 Å². The fraction of sp³-hybridized carbons (Fsp3) is 0.364. The minimum atomic E-state index is 0.573. The van der Waals surface area contributed by atoms with Gasteiger partial charge in [-0.2, -0.15) is 4.98 Å². The Hall–Kier alpha value is -1.95. The summed E-state index contributed by atoms with van der Waals surface area (Å²) in [6.07, 6.45) is 1.77. The van der Waals surface area contributed by atoms with E-state index in [1.807, 2.05) is 12.1 Å². The van der Waals surface area contributed by atoms with E-state index in [9.17, 15) is 0 Å². The lowest BCUT2D eigenvalue weighted by Crippen LogP contribution is -2.13. The molecule has 0 unspecified atom stereocenters. The monoisotopic (exact) mass is 234 g/mol. The summed E-state index contributed by atoms with van der Waals surface area (Å²) in [5.74, 6) is 1.85. The van der Waals surface area contributed by atoms with Gasteiger partial charge in [-0.1, -0.05) is 11.2 Å². The summed E-state index contributed by atoms with van der Waals surface area (Å²) in [6, 6.07) is 3.79. The fourth-order valence-electron chi connectivity index (χ4n) is 1.37. The number of nitrogens with zero attached hydrogens (tertiary/aromatic N) is 3.